The Morgan fingerprint density at radius 1 is 0.880 bits per heavy atom. The Morgan fingerprint density at radius 3 is 1.68 bits per heavy atom. The summed E-state index contributed by atoms with van der Waals surface area (Å²) in [6.45, 7) is 16.2. The van der Waals surface area contributed by atoms with Crippen LogP contribution in [0.5, 0.6) is 0 Å². The van der Waals surface area contributed by atoms with Gasteiger partial charge in [-0.2, -0.15) is 0 Å². The Balaban J connectivity index is 2.50. The predicted octanol–water partition coefficient (Wildman–Crippen LogP) is 6.57. The molecule has 2 aromatic rings. The summed E-state index contributed by atoms with van der Waals surface area (Å²) in [6, 6.07) is 21.5. The van der Waals surface area contributed by atoms with E-state index < -0.39 is 8.32 Å². The summed E-state index contributed by atoms with van der Waals surface area (Å²) in [4.78, 5) is 0. The molecule has 0 N–H and O–H groups in total. The Bertz CT molecular complexity index is 629. The van der Waals surface area contributed by atoms with Crippen molar-refractivity contribution in [1.82, 2.24) is 0 Å². The van der Waals surface area contributed by atoms with Crippen molar-refractivity contribution in [3.63, 3.8) is 0 Å². The maximum Gasteiger partial charge on any atom is 0.192 e. The highest BCUT2D eigenvalue weighted by Crippen LogP contribution is 2.41. The summed E-state index contributed by atoms with van der Waals surface area (Å²) < 4.78 is 6.71. The molecule has 1 nitrogen and oxygen atoms in total. The zero-order chi connectivity index (χ0) is 18.6. The number of allylic oxidation sites excluding steroid dienone is 1. The van der Waals surface area contributed by atoms with Crippen molar-refractivity contribution in [2.24, 2.45) is 0 Å². The van der Waals surface area contributed by atoms with E-state index in [1.807, 2.05) is 6.08 Å². The van der Waals surface area contributed by atoms with E-state index >= 15 is 0 Å². The van der Waals surface area contributed by atoms with E-state index in [1.165, 1.54) is 11.1 Å². The fourth-order valence-electron chi connectivity index (χ4n) is 2.91. The molecule has 0 spiro atoms. The number of benzene rings is 2. The molecule has 0 heterocycles. The first kappa shape index (κ1) is 19.7. The first-order chi connectivity index (χ1) is 11.7. The van der Waals surface area contributed by atoms with Crippen molar-refractivity contribution in [2.45, 2.75) is 50.7 Å². The van der Waals surface area contributed by atoms with Gasteiger partial charge in [0.1, 0.15) is 0 Å². The van der Waals surface area contributed by atoms with Gasteiger partial charge in [-0.1, -0.05) is 87.5 Å². The van der Waals surface area contributed by atoms with Crippen LogP contribution in [0.4, 0.5) is 0 Å². The second kappa shape index (κ2) is 7.71. The average molecular weight is 353 g/mol. The van der Waals surface area contributed by atoms with E-state index in [2.05, 4.69) is 101 Å². The van der Waals surface area contributed by atoms with Crippen molar-refractivity contribution >= 4 is 8.32 Å². The molecule has 2 heteroatoms. The SMILES string of the molecule is C=CCC(CO[Si](C)(C)C(C)(C)C)(c1ccccc1)c1ccccc1. The van der Waals surface area contributed by atoms with Crippen LogP contribution in [0.15, 0.2) is 73.3 Å². The van der Waals surface area contributed by atoms with Gasteiger partial charge >= 0.3 is 0 Å². The highest BCUT2D eigenvalue weighted by atomic mass is 28.4. The van der Waals surface area contributed by atoms with Crippen LogP contribution >= 0.6 is 0 Å². The molecule has 25 heavy (non-hydrogen) atoms. The molecular formula is C23H32OSi. The highest BCUT2D eigenvalue weighted by Gasteiger charge is 2.41. The summed E-state index contributed by atoms with van der Waals surface area (Å²) in [7, 11) is -1.84. The lowest BCUT2D eigenvalue weighted by molar-refractivity contribution is 0.222. The zero-order valence-corrected chi connectivity index (χ0v) is 17.4. The quantitative estimate of drug-likeness (QED) is 0.404. The molecule has 0 bridgehead atoms. The highest BCUT2D eigenvalue weighted by molar-refractivity contribution is 6.74. The summed E-state index contributed by atoms with van der Waals surface area (Å²) in [5, 5.41) is 0.195. The van der Waals surface area contributed by atoms with Crippen molar-refractivity contribution in [1.29, 1.82) is 0 Å². The van der Waals surface area contributed by atoms with Gasteiger partial charge in [0.25, 0.3) is 0 Å². The van der Waals surface area contributed by atoms with Gasteiger partial charge in [0.05, 0.1) is 0 Å². The maximum atomic E-state index is 6.71. The van der Waals surface area contributed by atoms with Gasteiger partial charge in [-0.25, -0.2) is 0 Å². The molecule has 0 radical (unpaired) electrons. The fraction of sp³-hybridized carbons (Fsp3) is 0.391. The normalized spacial score (nSPS) is 12.8. The number of hydrogen-bond donors (Lipinski definition) is 0. The molecule has 0 fully saturated rings. The Morgan fingerprint density at radius 2 is 1.32 bits per heavy atom. The molecule has 134 valence electrons. The van der Waals surface area contributed by atoms with Gasteiger partial charge in [0.15, 0.2) is 8.32 Å². The average Bonchev–Trinajstić information content (AvgIpc) is 2.59. The third-order valence-corrected chi connectivity index (χ3v) is 10.1. The van der Waals surface area contributed by atoms with Crippen LogP contribution in [0.3, 0.4) is 0 Å². The minimum atomic E-state index is -1.84. The summed E-state index contributed by atoms with van der Waals surface area (Å²) in [5.41, 5.74) is 2.39. The molecule has 2 rings (SSSR count). The van der Waals surface area contributed by atoms with Gasteiger partial charge < -0.3 is 4.43 Å². The molecule has 0 saturated carbocycles. The van der Waals surface area contributed by atoms with Gasteiger partial charge in [-0.05, 0) is 35.7 Å². The monoisotopic (exact) mass is 352 g/mol. The van der Waals surface area contributed by atoms with Crippen LogP contribution in [0.25, 0.3) is 0 Å². The second-order valence-electron chi connectivity index (χ2n) is 8.36. The number of hydrogen-bond acceptors (Lipinski definition) is 1. The van der Waals surface area contributed by atoms with Crippen LogP contribution in [-0.2, 0) is 9.84 Å². The zero-order valence-electron chi connectivity index (χ0n) is 16.4. The van der Waals surface area contributed by atoms with Crippen molar-refractivity contribution in [2.75, 3.05) is 6.61 Å². The van der Waals surface area contributed by atoms with Crippen LogP contribution in [0.1, 0.15) is 38.3 Å². The summed E-state index contributed by atoms with van der Waals surface area (Å²) in [5.74, 6) is 0. The van der Waals surface area contributed by atoms with E-state index in [0.717, 1.165) is 6.42 Å². The molecule has 0 amide bonds. The maximum absolute atomic E-state index is 6.71. The fourth-order valence-corrected chi connectivity index (χ4v) is 3.95. The van der Waals surface area contributed by atoms with Gasteiger partial charge in [0, 0.05) is 12.0 Å². The van der Waals surface area contributed by atoms with E-state index in [0.29, 0.717) is 6.61 Å². The first-order valence-corrected chi connectivity index (χ1v) is 12.0. The van der Waals surface area contributed by atoms with Crippen LogP contribution in [-0.4, -0.2) is 14.9 Å². The molecule has 0 aliphatic heterocycles. The largest absolute Gasteiger partial charge is 0.416 e. The van der Waals surface area contributed by atoms with Crippen LogP contribution in [0, 0.1) is 0 Å². The Labute approximate surface area is 154 Å². The first-order valence-electron chi connectivity index (χ1n) is 9.09. The van der Waals surface area contributed by atoms with Crippen molar-refractivity contribution < 1.29 is 4.43 Å². The second-order valence-corrected chi connectivity index (χ2v) is 13.2. The summed E-state index contributed by atoms with van der Waals surface area (Å²) >= 11 is 0. The van der Waals surface area contributed by atoms with Gasteiger partial charge in [-0.3, -0.25) is 0 Å². The molecule has 0 aromatic heterocycles. The van der Waals surface area contributed by atoms with Gasteiger partial charge in [0.2, 0.25) is 0 Å². The predicted molar refractivity (Wildman–Crippen MR) is 112 cm³/mol. The third-order valence-electron chi connectivity index (χ3n) is 5.63. The lowest BCUT2D eigenvalue weighted by atomic mass is 9.73. The number of rotatable bonds is 7. The molecule has 0 saturated heterocycles. The van der Waals surface area contributed by atoms with E-state index in [1.54, 1.807) is 0 Å². The lowest BCUT2D eigenvalue weighted by Crippen LogP contribution is -2.45. The topological polar surface area (TPSA) is 9.23 Å². The Kier molecular flexibility index (Phi) is 6.07. The molecular weight excluding hydrogens is 320 g/mol. The standard InChI is InChI=1S/C23H32OSi/c1-7-18-23(20-14-10-8-11-15-20,21-16-12-9-13-17-21)19-24-25(5,6)22(2,3)4/h7-17H,1,18-19H2,2-6H3. The molecule has 0 unspecified atom stereocenters. The summed E-state index contributed by atoms with van der Waals surface area (Å²) in [6.07, 6.45) is 2.88. The van der Waals surface area contributed by atoms with Gasteiger partial charge in [-0.15, -0.1) is 6.58 Å². The molecule has 2 aromatic carbocycles. The van der Waals surface area contributed by atoms with Crippen LogP contribution < -0.4 is 0 Å². The van der Waals surface area contributed by atoms with E-state index in [-0.39, 0.29) is 10.5 Å². The van der Waals surface area contributed by atoms with Crippen LogP contribution in [0.2, 0.25) is 18.1 Å². The minimum Gasteiger partial charge on any atom is -0.416 e. The van der Waals surface area contributed by atoms with Crippen molar-refractivity contribution in [3.8, 4) is 0 Å². The molecule has 0 aliphatic carbocycles. The smallest absolute Gasteiger partial charge is 0.192 e. The Hall–Kier alpha value is -1.64. The van der Waals surface area contributed by atoms with E-state index in [4.69, 9.17) is 4.43 Å². The third kappa shape index (κ3) is 4.31. The van der Waals surface area contributed by atoms with E-state index in [9.17, 15) is 0 Å². The lowest BCUT2D eigenvalue weighted by Gasteiger charge is -2.41. The molecule has 0 atom stereocenters. The van der Waals surface area contributed by atoms with Crippen molar-refractivity contribution in [3.05, 3.63) is 84.4 Å². The molecule has 0 aliphatic rings. The minimum absolute atomic E-state index is 0.195.